The molecule has 8 heteroatoms. The molecule has 0 saturated carbocycles. The Bertz CT molecular complexity index is 1320. The zero-order chi connectivity index (χ0) is 22.1. The highest BCUT2D eigenvalue weighted by atomic mass is 19.1. The Hall–Kier alpha value is -4.07. The summed E-state index contributed by atoms with van der Waals surface area (Å²) in [5, 5.41) is 6.31. The normalized spacial score (nSPS) is 10.8. The Balaban J connectivity index is 1.61. The highest BCUT2D eigenvalue weighted by Gasteiger charge is 2.17. The molecule has 4 rings (SSSR count). The highest BCUT2D eigenvalue weighted by Crippen LogP contribution is 2.29. The van der Waals surface area contributed by atoms with Crippen LogP contribution in [-0.2, 0) is 7.05 Å². The largest absolute Gasteiger partial charge is 0.441 e. The molecule has 4 aromatic rings. The topological polar surface area (TPSA) is 77.1 Å². The summed E-state index contributed by atoms with van der Waals surface area (Å²) in [6.45, 7) is 1.94. The molecule has 0 radical (unpaired) electrons. The number of aromatic nitrogens is 2. The summed E-state index contributed by atoms with van der Waals surface area (Å²) in [5.74, 6) is -2.87. The molecule has 0 spiro atoms. The number of nitrogens with one attached hydrogen (secondary N) is 1. The standard InChI is InChI=1S/C23H17F2N3O3/c1-13-6-7-15(21-27-31-23(30)28(21)2)12-17(13)14-8-10-16(11-9-14)26-22(29)20-18(24)4-3-5-19(20)25/h3-12H,1-2H3,(H,26,29). The lowest BCUT2D eigenvalue weighted by molar-refractivity contribution is 0.101. The van der Waals surface area contributed by atoms with Crippen LogP contribution in [0.4, 0.5) is 14.5 Å². The van der Waals surface area contributed by atoms with E-state index in [2.05, 4.69) is 10.5 Å². The first-order valence-electron chi connectivity index (χ1n) is 9.34. The van der Waals surface area contributed by atoms with Gasteiger partial charge in [-0.2, -0.15) is 0 Å². The number of rotatable bonds is 4. The minimum Gasteiger partial charge on any atom is -0.322 e. The van der Waals surface area contributed by atoms with E-state index in [-0.39, 0.29) is 0 Å². The number of carbonyl (C=O) groups excluding carboxylic acids is 1. The summed E-state index contributed by atoms with van der Waals surface area (Å²) in [4.78, 5) is 23.8. The van der Waals surface area contributed by atoms with E-state index in [0.717, 1.165) is 28.8 Å². The molecule has 0 unspecified atom stereocenters. The van der Waals surface area contributed by atoms with Crippen molar-refractivity contribution in [2.24, 2.45) is 7.05 Å². The van der Waals surface area contributed by atoms with Crippen LogP contribution in [0.1, 0.15) is 15.9 Å². The van der Waals surface area contributed by atoms with Crippen molar-refractivity contribution in [1.82, 2.24) is 9.72 Å². The number of aryl methyl sites for hydroxylation is 1. The van der Waals surface area contributed by atoms with E-state index in [1.165, 1.54) is 10.6 Å². The van der Waals surface area contributed by atoms with Crippen molar-refractivity contribution >= 4 is 11.6 Å². The number of hydrogen-bond donors (Lipinski definition) is 1. The SMILES string of the molecule is Cc1ccc(-c2noc(=O)n2C)cc1-c1ccc(NC(=O)c2c(F)cccc2F)cc1. The molecule has 0 bridgehead atoms. The van der Waals surface area contributed by atoms with Crippen LogP contribution in [0.25, 0.3) is 22.5 Å². The first kappa shape index (κ1) is 20.2. The third kappa shape index (κ3) is 3.87. The number of hydrogen-bond acceptors (Lipinski definition) is 4. The van der Waals surface area contributed by atoms with Gasteiger partial charge in [0.15, 0.2) is 5.82 Å². The van der Waals surface area contributed by atoms with E-state index >= 15 is 0 Å². The van der Waals surface area contributed by atoms with E-state index in [9.17, 15) is 18.4 Å². The monoisotopic (exact) mass is 421 g/mol. The van der Waals surface area contributed by atoms with Gasteiger partial charge >= 0.3 is 5.76 Å². The quantitative estimate of drug-likeness (QED) is 0.525. The molecule has 1 amide bonds. The predicted molar refractivity (Wildman–Crippen MR) is 112 cm³/mol. The molecule has 0 saturated heterocycles. The second kappa shape index (κ2) is 7.98. The lowest BCUT2D eigenvalue weighted by Gasteiger charge is -2.11. The molecule has 0 aliphatic carbocycles. The maximum Gasteiger partial charge on any atom is 0.441 e. The molecule has 156 valence electrons. The van der Waals surface area contributed by atoms with Crippen LogP contribution in [0.15, 0.2) is 70.0 Å². The summed E-state index contributed by atoms with van der Waals surface area (Å²) in [7, 11) is 1.57. The van der Waals surface area contributed by atoms with Crippen molar-refractivity contribution in [2.75, 3.05) is 5.32 Å². The molecule has 1 N–H and O–H groups in total. The van der Waals surface area contributed by atoms with Gasteiger partial charge in [-0.3, -0.25) is 13.9 Å². The van der Waals surface area contributed by atoms with E-state index in [0.29, 0.717) is 17.1 Å². The summed E-state index contributed by atoms with van der Waals surface area (Å²) < 4.78 is 33.6. The van der Waals surface area contributed by atoms with Gasteiger partial charge in [0.05, 0.1) is 0 Å². The van der Waals surface area contributed by atoms with Crippen LogP contribution >= 0.6 is 0 Å². The van der Waals surface area contributed by atoms with Gasteiger partial charge in [0.2, 0.25) is 0 Å². The molecular weight excluding hydrogens is 404 g/mol. The minimum absolute atomic E-state index is 0.393. The van der Waals surface area contributed by atoms with Crippen molar-refractivity contribution in [3.63, 3.8) is 0 Å². The summed E-state index contributed by atoms with van der Waals surface area (Å²) >= 11 is 0. The Morgan fingerprint density at radius 1 is 1.00 bits per heavy atom. The highest BCUT2D eigenvalue weighted by molar-refractivity contribution is 6.04. The summed E-state index contributed by atoms with van der Waals surface area (Å²) in [6, 6.07) is 15.7. The molecule has 0 atom stereocenters. The third-order valence-electron chi connectivity index (χ3n) is 4.94. The molecule has 1 aromatic heterocycles. The Morgan fingerprint density at radius 3 is 2.26 bits per heavy atom. The molecule has 31 heavy (non-hydrogen) atoms. The fourth-order valence-corrected chi connectivity index (χ4v) is 3.25. The summed E-state index contributed by atoms with van der Waals surface area (Å²) in [5.41, 5.74) is 3.20. The van der Waals surface area contributed by atoms with Gasteiger partial charge in [-0.05, 0) is 53.9 Å². The fourth-order valence-electron chi connectivity index (χ4n) is 3.25. The number of nitrogens with zero attached hydrogens (tertiary/aromatic N) is 2. The smallest absolute Gasteiger partial charge is 0.322 e. The van der Waals surface area contributed by atoms with Crippen LogP contribution in [0, 0.1) is 18.6 Å². The number of carbonyl (C=O) groups is 1. The first-order valence-corrected chi connectivity index (χ1v) is 9.34. The first-order chi connectivity index (χ1) is 14.8. The lowest BCUT2D eigenvalue weighted by Crippen LogP contribution is -2.15. The molecule has 0 aliphatic heterocycles. The maximum absolute atomic E-state index is 13.8. The van der Waals surface area contributed by atoms with Crippen molar-refractivity contribution in [2.45, 2.75) is 6.92 Å². The zero-order valence-corrected chi connectivity index (χ0v) is 16.6. The fraction of sp³-hybridized carbons (Fsp3) is 0.0870. The van der Waals surface area contributed by atoms with Crippen molar-refractivity contribution in [3.8, 4) is 22.5 Å². The van der Waals surface area contributed by atoms with Crippen molar-refractivity contribution in [1.29, 1.82) is 0 Å². The van der Waals surface area contributed by atoms with Crippen molar-refractivity contribution in [3.05, 3.63) is 94.0 Å². The second-order valence-corrected chi connectivity index (χ2v) is 6.99. The Kier molecular flexibility index (Phi) is 5.21. The lowest BCUT2D eigenvalue weighted by atomic mass is 9.97. The molecular formula is C23H17F2N3O3. The van der Waals surface area contributed by atoms with E-state index in [1.807, 2.05) is 25.1 Å². The van der Waals surface area contributed by atoms with Crippen LogP contribution in [0.3, 0.4) is 0 Å². The van der Waals surface area contributed by atoms with E-state index in [1.54, 1.807) is 31.3 Å². The van der Waals surface area contributed by atoms with Crippen LogP contribution < -0.4 is 11.1 Å². The number of anilines is 1. The number of amides is 1. The average molecular weight is 421 g/mol. The molecule has 0 aliphatic rings. The van der Waals surface area contributed by atoms with Crippen LogP contribution in [0.2, 0.25) is 0 Å². The van der Waals surface area contributed by atoms with Crippen molar-refractivity contribution < 1.29 is 18.1 Å². The van der Waals surface area contributed by atoms with Gasteiger partial charge in [-0.1, -0.05) is 35.5 Å². The predicted octanol–water partition coefficient (Wildman–Crippen LogP) is 4.55. The van der Waals surface area contributed by atoms with Gasteiger partial charge in [0, 0.05) is 18.3 Å². The van der Waals surface area contributed by atoms with Crippen LogP contribution in [0.5, 0.6) is 0 Å². The molecule has 3 aromatic carbocycles. The maximum atomic E-state index is 13.8. The third-order valence-corrected chi connectivity index (χ3v) is 4.94. The number of halogens is 2. The average Bonchev–Trinajstić information content (AvgIpc) is 3.07. The van der Waals surface area contributed by atoms with Gasteiger partial charge in [-0.25, -0.2) is 13.6 Å². The molecule has 1 heterocycles. The molecule has 0 fully saturated rings. The van der Waals surface area contributed by atoms with Gasteiger partial charge in [0.25, 0.3) is 5.91 Å². The molecule has 6 nitrogen and oxygen atoms in total. The minimum atomic E-state index is -0.927. The number of benzene rings is 3. The van der Waals surface area contributed by atoms with E-state index < -0.39 is 28.9 Å². The summed E-state index contributed by atoms with van der Waals surface area (Å²) in [6.07, 6.45) is 0. The van der Waals surface area contributed by atoms with E-state index in [4.69, 9.17) is 4.52 Å². The van der Waals surface area contributed by atoms with Gasteiger partial charge < -0.3 is 5.32 Å². The Labute approximate surface area is 175 Å². The van der Waals surface area contributed by atoms with Gasteiger partial charge in [-0.15, -0.1) is 0 Å². The van der Waals surface area contributed by atoms with Gasteiger partial charge in [0.1, 0.15) is 17.2 Å². The van der Waals surface area contributed by atoms with Crippen LogP contribution in [-0.4, -0.2) is 15.6 Å². The Morgan fingerprint density at radius 2 is 1.65 bits per heavy atom. The zero-order valence-electron chi connectivity index (χ0n) is 16.6. The second-order valence-electron chi connectivity index (χ2n) is 6.99.